The minimum atomic E-state index is -0.575. The zero-order valence-corrected chi connectivity index (χ0v) is 9.17. The Kier molecular flexibility index (Phi) is 2.66. The molecule has 16 heavy (non-hydrogen) atoms. The van der Waals surface area contributed by atoms with Gasteiger partial charge in [-0.3, -0.25) is 4.79 Å². The summed E-state index contributed by atoms with van der Waals surface area (Å²) in [6, 6.07) is 6.44. The van der Waals surface area contributed by atoms with Gasteiger partial charge in [-0.05, 0) is 23.6 Å². The third kappa shape index (κ3) is 1.79. The Morgan fingerprint density at radius 3 is 2.81 bits per heavy atom. The van der Waals surface area contributed by atoms with Gasteiger partial charge in [-0.15, -0.1) is 0 Å². The van der Waals surface area contributed by atoms with Gasteiger partial charge < -0.3 is 9.72 Å². The molecule has 0 saturated heterocycles. The number of fused-ring (bicyclic) bond motifs is 1. The van der Waals surface area contributed by atoms with E-state index in [1.54, 1.807) is 24.3 Å². The first-order valence-corrected chi connectivity index (χ1v) is 4.90. The van der Waals surface area contributed by atoms with Crippen molar-refractivity contribution in [3.8, 4) is 0 Å². The number of H-pyrrole nitrogens is 1. The van der Waals surface area contributed by atoms with Crippen LogP contribution in [0, 0.1) is 0 Å². The fraction of sp³-hybridized carbons (Fsp3) is 0.0909. The number of aromatic amines is 1. The number of esters is 1. The van der Waals surface area contributed by atoms with Crippen molar-refractivity contribution >= 4 is 28.3 Å². The molecule has 0 aliphatic carbocycles. The van der Waals surface area contributed by atoms with Crippen LogP contribution in [-0.2, 0) is 4.74 Å². The molecule has 1 aromatic carbocycles. The third-order valence-corrected chi connectivity index (χ3v) is 2.45. The van der Waals surface area contributed by atoms with Gasteiger partial charge in [-0.25, -0.2) is 4.79 Å². The molecular weight excluding hydrogens is 230 g/mol. The summed E-state index contributed by atoms with van der Waals surface area (Å²) in [7, 11) is 1.26. The number of pyridine rings is 1. The number of halogens is 1. The third-order valence-electron chi connectivity index (χ3n) is 2.21. The van der Waals surface area contributed by atoms with Crippen molar-refractivity contribution in [1.29, 1.82) is 0 Å². The van der Waals surface area contributed by atoms with Crippen molar-refractivity contribution in [2.24, 2.45) is 0 Å². The summed E-state index contributed by atoms with van der Waals surface area (Å²) < 4.78 is 4.53. The van der Waals surface area contributed by atoms with Gasteiger partial charge in [0.1, 0.15) is 5.69 Å². The van der Waals surface area contributed by atoms with Gasteiger partial charge in [-0.2, -0.15) is 0 Å². The molecule has 1 aromatic heterocycles. The summed E-state index contributed by atoms with van der Waals surface area (Å²) >= 11 is 5.78. The quantitative estimate of drug-likeness (QED) is 0.772. The Hall–Kier alpha value is -1.81. The highest BCUT2D eigenvalue weighted by molar-refractivity contribution is 6.31. The molecule has 0 spiro atoms. The molecule has 2 rings (SSSR count). The van der Waals surface area contributed by atoms with E-state index in [9.17, 15) is 9.59 Å². The van der Waals surface area contributed by atoms with E-state index in [-0.39, 0.29) is 11.3 Å². The van der Waals surface area contributed by atoms with E-state index in [2.05, 4.69) is 9.72 Å². The molecule has 5 heteroatoms. The van der Waals surface area contributed by atoms with E-state index in [0.717, 1.165) is 0 Å². The molecular formula is C11H8ClNO3. The molecule has 0 amide bonds. The average Bonchev–Trinajstić information content (AvgIpc) is 2.28. The predicted octanol–water partition coefficient (Wildman–Crippen LogP) is 1.97. The van der Waals surface area contributed by atoms with Crippen molar-refractivity contribution in [3.05, 3.63) is 45.3 Å². The number of ether oxygens (including phenoxy) is 1. The summed E-state index contributed by atoms with van der Waals surface area (Å²) in [5, 5.41) is 1.57. The molecule has 0 atom stereocenters. The predicted molar refractivity (Wildman–Crippen MR) is 60.9 cm³/mol. The molecule has 0 bridgehead atoms. The van der Waals surface area contributed by atoms with Gasteiger partial charge in [0, 0.05) is 10.4 Å². The first kappa shape index (κ1) is 10.7. The molecule has 1 N–H and O–H groups in total. The first-order valence-electron chi connectivity index (χ1n) is 4.52. The second kappa shape index (κ2) is 3.98. The molecule has 0 aliphatic heterocycles. The Labute approximate surface area is 95.8 Å². The van der Waals surface area contributed by atoms with E-state index < -0.39 is 5.97 Å². The van der Waals surface area contributed by atoms with Crippen LogP contribution < -0.4 is 5.56 Å². The fourth-order valence-corrected chi connectivity index (χ4v) is 1.62. The Balaban J connectivity index is 2.73. The monoisotopic (exact) mass is 237 g/mol. The number of carbonyl (C=O) groups excluding carboxylic acids is 1. The summed E-state index contributed by atoms with van der Waals surface area (Å²) in [6.45, 7) is 0. The number of rotatable bonds is 1. The molecule has 0 saturated carbocycles. The smallest absolute Gasteiger partial charge is 0.354 e. The first-order chi connectivity index (χ1) is 7.61. The molecule has 4 nitrogen and oxygen atoms in total. The van der Waals surface area contributed by atoms with Crippen LogP contribution >= 0.6 is 11.6 Å². The topological polar surface area (TPSA) is 59.2 Å². The van der Waals surface area contributed by atoms with Crippen LogP contribution in [0.2, 0.25) is 5.02 Å². The molecule has 2 aromatic rings. The highest BCUT2D eigenvalue weighted by Gasteiger charge is 2.09. The van der Waals surface area contributed by atoms with Crippen molar-refractivity contribution in [3.63, 3.8) is 0 Å². The van der Waals surface area contributed by atoms with Gasteiger partial charge >= 0.3 is 5.97 Å². The van der Waals surface area contributed by atoms with Crippen LogP contribution in [0.3, 0.4) is 0 Å². The van der Waals surface area contributed by atoms with Crippen LogP contribution in [0.1, 0.15) is 10.5 Å². The summed E-state index contributed by atoms with van der Waals surface area (Å²) in [5.74, 6) is -0.575. The number of methoxy groups -OCH3 is 1. The van der Waals surface area contributed by atoms with Crippen LogP contribution in [0.15, 0.2) is 29.1 Å². The fourth-order valence-electron chi connectivity index (χ4n) is 1.45. The number of nitrogens with one attached hydrogen (secondary N) is 1. The minimum Gasteiger partial charge on any atom is -0.464 e. The normalized spacial score (nSPS) is 10.4. The van der Waals surface area contributed by atoms with Gasteiger partial charge in [0.25, 0.3) is 5.56 Å². The molecule has 1 heterocycles. The van der Waals surface area contributed by atoms with Crippen molar-refractivity contribution in [2.75, 3.05) is 7.11 Å². The van der Waals surface area contributed by atoms with E-state index in [1.807, 2.05) is 0 Å². The van der Waals surface area contributed by atoms with Crippen LogP contribution in [0.25, 0.3) is 10.8 Å². The van der Waals surface area contributed by atoms with Crippen molar-refractivity contribution < 1.29 is 9.53 Å². The standard InChI is InChI=1S/C11H8ClNO3/c1-16-11(15)9-4-6-2-3-7(12)5-8(6)10(14)13-9/h2-5H,1H3,(H,13,14). The van der Waals surface area contributed by atoms with Crippen LogP contribution in [-0.4, -0.2) is 18.1 Å². The number of benzene rings is 1. The lowest BCUT2D eigenvalue weighted by Gasteiger charge is -2.02. The average molecular weight is 238 g/mol. The number of carbonyl (C=O) groups is 1. The van der Waals surface area contributed by atoms with Gasteiger partial charge in [0.05, 0.1) is 7.11 Å². The molecule has 0 radical (unpaired) electrons. The maximum Gasteiger partial charge on any atom is 0.354 e. The van der Waals surface area contributed by atoms with Crippen molar-refractivity contribution in [1.82, 2.24) is 4.98 Å². The summed E-state index contributed by atoms with van der Waals surface area (Å²) in [5.41, 5.74) is -0.234. The van der Waals surface area contributed by atoms with Gasteiger partial charge in [0.15, 0.2) is 0 Å². The minimum absolute atomic E-state index is 0.127. The van der Waals surface area contributed by atoms with Crippen LogP contribution in [0.4, 0.5) is 0 Å². The van der Waals surface area contributed by atoms with Gasteiger partial charge in [0.2, 0.25) is 0 Å². The number of aromatic nitrogens is 1. The zero-order chi connectivity index (χ0) is 11.7. The van der Waals surface area contributed by atoms with E-state index >= 15 is 0 Å². The zero-order valence-electron chi connectivity index (χ0n) is 8.41. The summed E-state index contributed by atoms with van der Waals surface area (Å²) in [4.78, 5) is 25.3. The molecule has 0 aliphatic rings. The van der Waals surface area contributed by atoms with E-state index in [4.69, 9.17) is 11.6 Å². The molecule has 0 unspecified atom stereocenters. The Bertz CT molecular complexity index is 618. The highest BCUT2D eigenvalue weighted by Crippen LogP contribution is 2.16. The Morgan fingerprint density at radius 2 is 2.12 bits per heavy atom. The number of hydrogen-bond donors (Lipinski definition) is 1. The van der Waals surface area contributed by atoms with Crippen molar-refractivity contribution in [2.45, 2.75) is 0 Å². The highest BCUT2D eigenvalue weighted by atomic mass is 35.5. The largest absolute Gasteiger partial charge is 0.464 e. The van der Waals surface area contributed by atoms with Crippen LogP contribution in [0.5, 0.6) is 0 Å². The van der Waals surface area contributed by atoms with E-state index in [0.29, 0.717) is 15.8 Å². The maximum absolute atomic E-state index is 11.7. The van der Waals surface area contributed by atoms with E-state index in [1.165, 1.54) is 7.11 Å². The lowest BCUT2D eigenvalue weighted by Crippen LogP contribution is -2.14. The Morgan fingerprint density at radius 1 is 1.38 bits per heavy atom. The summed E-state index contributed by atoms with van der Waals surface area (Å²) in [6.07, 6.45) is 0. The second-order valence-corrected chi connectivity index (χ2v) is 3.67. The maximum atomic E-state index is 11.7. The van der Waals surface area contributed by atoms with Gasteiger partial charge in [-0.1, -0.05) is 17.7 Å². The lowest BCUT2D eigenvalue weighted by molar-refractivity contribution is 0.0594. The molecule has 0 fully saturated rings. The number of hydrogen-bond acceptors (Lipinski definition) is 3. The molecule has 82 valence electrons. The lowest BCUT2D eigenvalue weighted by atomic mass is 10.1. The second-order valence-electron chi connectivity index (χ2n) is 3.24. The SMILES string of the molecule is COC(=O)c1cc2ccc(Cl)cc2c(=O)[nH]1.